The average Bonchev–Trinajstić information content (AvgIpc) is 3.26. The normalized spacial score (nSPS) is 19.7. The molecule has 1 aromatic heterocycles. The summed E-state index contributed by atoms with van der Waals surface area (Å²) in [5.41, 5.74) is 0. The third-order valence-electron chi connectivity index (χ3n) is 5.58. The topological polar surface area (TPSA) is 67.6 Å². The predicted molar refractivity (Wildman–Crippen MR) is 114 cm³/mol. The van der Waals surface area contributed by atoms with Crippen molar-refractivity contribution in [2.24, 2.45) is 18.0 Å². The fourth-order valence-electron chi connectivity index (χ4n) is 3.78. The zero-order valence-corrected chi connectivity index (χ0v) is 18.6. The fraction of sp³-hybridized carbons (Fsp3) is 0.833. The second-order valence-corrected chi connectivity index (χ2v) is 7.29. The number of ether oxygens (including phenoxy) is 1. The van der Waals surface area contributed by atoms with Crippen LogP contribution in [0.4, 0.5) is 0 Å². The van der Waals surface area contributed by atoms with Gasteiger partial charge in [-0.05, 0) is 38.5 Å². The van der Waals surface area contributed by atoms with Crippen LogP contribution in [0.3, 0.4) is 0 Å². The number of aromatic nitrogens is 3. The number of hydrogen-bond donors (Lipinski definition) is 1. The summed E-state index contributed by atoms with van der Waals surface area (Å²) in [6.45, 7) is 5.55. The fourth-order valence-corrected chi connectivity index (χ4v) is 3.78. The minimum atomic E-state index is 0. The van der Waals surface area contributed by atoms with E-state index in [4.69, 9.17) is 4.74 Å². The Bertz CT molecular complexity index is 576. The van der Waals surface area contributed by atoms with Gasteiger partial charge in [-0.15, -0.1) is 34.2 Å². The molecule has 0 aromatic carbocycles. The van der Waals surface area contributed by atoms with Crippen molar-refractivity contribution in [2.75, 3.05) is 26.7 Å². The number of hydrogen-bond acceptors (Lipinski definition) is 4. The van der Waals surface area contributed by atoms with Gasteiger partial charge in [-0.25, -0.2) is 0 Å². The van der Waals surface area contributed by atoms with E-state index in [1.54, 1.807) is 0 Å². The molecule has 2 heterocycles. The Morgan fingerprint density at radius 3 is 2.46 bits per heavy atom. The molecular weight excluding hydrogens is 443 g/mol. The quantitative estimate of drug-likeness (QED) is 0.402. The Kier molecular flexibility index (Phi) is 8.59. The Hall–Kier alpha value is -0.900. The van der Waals surface area contributed by atoms with Gasteiger partial charge in [-0.2, -0.15) is 0 Å². The van der Waals surface area contributed by atoms with Gasteiger partial charge in [0, 0.05) is 33.8 Å². The second kappa shape index (κ2) is 10.4. The van der Waals surface area contributed by atoms with Gasteiger partial charge in [-0.1, -0.05) is 12.8 Å². The van der Waals surface area contributed by atoms with Crippen LogP contribution in [0.2, 0.25) is 0 Å². The highest BCUT2D eigenvalue weighted by molar-refractivity contribution is 14.0. The molecule has 0 radical (unpaired) electrons. The summed E-state index contributed by atoms with van der Waals surface area (Å²) in [6.07, 6.45) is 8.07. The molecular formula is C18H33IN6O. The predicted octanol–water partition coefficient (Wildman–Crippen LogP) is 2.49. The molecule has 1 aromatic rings. The zero-order valence-electron chi connectivity index (χ0n) is 16.3. The Morgan fingerprint density at radius 2 is 1.88 bits per heavy atom. The van der Waals surface area contributed by atoms with Gasteiger partial charge in [-0.3, -0.25) is 4.99 Å². The van der Waals surface area contributed by atoms with Crippen LogP contribution in [0.25, 0.3) is 0 Å². The molecule has 0 amide bonds. The lowest BCUT2D eigenvalue weighted by Crippen LogP contribution is -2.47. The third kappa shape index (κ3) is 5.55. The molecule has 1 saturated heterocycles. The summed E-state index contributed by atoms with van der Waals surface area (Å²) in [7, 11) is 3.83. The monoisotopic (exact) mass is 476 g/mol. The van der Waals surface area contributed by atoms with Gasteiger partial charge < -0.3 is 19.5 Å². The highest BCUT2D eigenvalue weighted by Gasteiger charge is 2.24. The number of rotatable bonds is 5. The maximum Gasteiger partial charge on any atom is 0.194 e. The van der Waals surface area contributed by atoms with Crippen molar-refractivity contribution >= 4 is 29.9 Å². The molecule has 2 fully saturated rings. The molecule has 0 atom stereocenters. The number of nitrogens with zero attached hydrogens (tertiary/aromatic N) is 5. The highest BCUT2D eigenvalue weighted by atomic mass is 127. The first-order valence-electron chi connectivity index (χ1n) is 9.59. The van der Waals surface area contributed by atoms with E-state index >= 15 is 0 Å². The van der Waals surface area contributed by atoms with Gasteiger partial charge in [0.05, 0.1) is 12.6 Å². The molecule has 1 N–H and O–H groups in total. The van der Waals surface area contributed by atoms with Crippen LogP contribution in [-0.2, 0) is 18.3 Å². The highest BCUT2D eigenvalue weighted by Crippen LogP contribution is 2.26. The van der Waals surface area contributed by atoms with E-state index in [1.807, 2.05) is 25.6 Å². The molecule has 1 aliphatic heterocycles. The first kappa shape index (κ1) is 21.4. The average molecular weight is 476 g/mol. The first-order valence-corrected chi connectivity index (χ1v) is 9.59. The van der Waals surface area contributed by atoms with E-state index in [0.717, 1.165) is 56.1 Å². The van der Waals surface area contributed by atoms with Gasteiger partial charge in [0.1, 0.15) is 5.82 Å². The second-order valence-electron chi connectivity index (χ2n) is 7.29. The summed E-state index contributed by atoms with van der Waals surface area (Å²) >= 11 is 0. The molecule has 26 heavy (non-hydrogen) atoms. The number of nitrogens with one attached hydrogen (secondary N) is 1. The van der Waals surface area contributed by atoms with Crippen LogP contribution in [0.5, 0.6) is 0 Å². The maximum atomic E-state index is 6.17. The van der Waals surface area contributed by atoms with Crippen LogP contribution in [0.15, 0.2) is 4.99 Å². The first-order chi connectivity index (χ1) is 12.2. The Balaban J connectivity index is 0.00000243. The van der Waals surface area contributed by atoms with E-state index in [2.05, 4.69) is 25.4 Å². The summed E-state index contributed by atoms with van der Waals surface area (Å²) in [5.74, 6) is 3.60. The molecule has 2 aliphatic rings. The molecule has 1 aliphatic carbocycles. The van der Waals surface area contributed by atoms with Crippen molar-refractivity contribution in [3.8, 4) is 0 Å². The molecule has 8 heteroatoms. The summed E-state index contributed by atoms with van der Waals surface area (Å²) in [6, 6.07) is 0. The number of aryl methyl sites for hydroxylation is 1. The third-order valence-corrected chi connectivity index (χ3v) is 5.58. The van der Waals surface area contributed by atoms with Crippen molar-refractivity contribution in [1.82, 2.24) is 25.0 Å². The van der Waals surface area contributed by atoms with Gasteiger partial charge in [0.15, 0.2) is 11.8 Å². The number of guanidine groups is 1. The van der Waals surface area contributed by atoms with Gasteiger partial charge in [0.25, 0.3) is 0 Å². The van der Waals surface area contributed by atoms with Crippen LogP contribution < -0.4 is 5.32 Å². The van der Waals surface area contributed by atoms with E-state index in [1.165, 1.54) is 25.7 Å². The van der Waals surface area contributed by atoms with Gasteiger partial charge >= 0.3 is 0 Å². The number of halogens is 1. The number of piperidine rings is 1. The van der Waals surface area contributed by atoms with Gasteiger partial charge in [0.2, 0.25) is 0 Å². The summed E-state index contributed by atoms with van der Waals surface area (Å²) in [5, 5.41) is 11.7. The van der Waals surface area contributed by atoms with Crippen LogP contribution >= 0.6 is 24.0 Å². The molecule has 0 spiro atoms. The lowest BCUT2D eigenvalue weighted by atomic mass is 10.1. The van der Waals surface area contributed by atoms with Crippen LogP contribution in [0, 0.1) is 12.8 Å². The Morgan fingerprint density at radius 1 is 1.19 bits per heavy atom. The van der Waals surface area contributed by atoms with Crippen LogP contribution in [0.1, 0.15) is 50.2 Å². The summed E-state index contributed by atoms with van der Waals surface area (Å²) in [4.78, 5) is 6.75. The SMILES string of the molecule is CN=C(NCc1nnc(C)n1C)N1CCC(OCC2CCCC2)CC1.I. The van der Waals surface area contributed by atoms with Crippen molar-refractivity contribution in [1.29, 1.82) is 0 Å². The standard InChI is InChI=1S/C18H32N6O.HI/c1-14-21-22-17(23(14)3)12-20-18(19-2)24-10-8-16(9-11-24)25-13-15-6-4-5-7-15;/h15-16H,4-13H2,1-3H3,(H,19,20);1H. The van der Waals surface area contributed by atoms with E-state index in [9.17, 15) is 0 Å². The van der Waals surface area contributed by atoms with E-state index < -0.39 is 0 Å². The maximum absolute atomic E-state index is 6.17. The van der Waals surface area contributed by atoms with Crippen molar-refractivity contribution in [3.63, 3.8) is 0 Å². The minimum absolute atomic E-state index is 0. The zero-order chi connectivity index (χ0) is 17.6. The lowest BCUT2D eigenvalue weighted by Gasteiger charge is -2.34. The van der Waals surface area contributed by atoms with Crippen molar-refractivity contribution in [3.05, 3.63) is 11.6 Å². The molecule has 1 saturated carbocycles. The summed E-state index contributed by atoms with van der Waals surface area (Å²) < 4.78 is 8.17. The number of likely N-dealkylation sites (tertiary alicyclic amines) is 1. The smallest absolute Gasteiger partial charge is 0.194 e. The molecule has 3 rings (SSSR count). The minimum Gasteiger partial charge on any atom is -0.378 e. The lowest BCUT2D eigenvalue weighted by molar-refractivity contribution is 0.00100. The molecule has 148 valence electrons. The molecule has 0 bridgehead atoms. The molecule has 0 unspecified atom stereocenters. The Labute approximate surface area is 174 Å². The van der Waals surface area contributed by atoms with E-state index in [0.29, 0.717) is 12.6 Å². The van der Waals surface area contributed by atoms with Crippen LogP contribution in [-0.4, -0.2) is 58.5 Å². The van der Waals surface area contributed by atoms with Crippen molar-refractivity contribution < 1.29 is 4.74 Å². The number of aliphatic imine (C=N–C) groups is 1. The van der Waals surface area contributed by atoms with E-state index in [-0.39, 0.29) is 24.0 Å². The largest absolute Gasteiger partial charge is 0.378 e. The van der Waals surface area contributed by atoms with Crippen molar-refractivity contribution in [2.45, 2.75) is 58.1 Å². The molecule has 7 nitrogen and oxygen atoms in total.